The lowest BCUT2D eigenvalue weighted by Crippen LogP contribution is -2.58. The van der Waals surface area contributed by atoms with Crippen LogP contribution in [0.2, 0.25) is 0 Å². The molecular weight excluding hydrogens is 390 g/mol. The first-order valence-electron chi connectivity index (χ1n) is 10.00. The number of imide groups is 1. The van der Waals surface area contributed by atoms with Gasteiger partial charge in [0, 0.05) is 6.42 Å². The van der Waals surface area contributed by atoms with Crippen LogP contribution in [-0.4, -0.2) is 63.8 Å². The number of thioether (sulfide) groups is 1. The van der Waals surface area contributed by atoms with Gasteiger partial charge in [0.1, 0.15) is 12.1 Å². The summed E-state index contributed by atoms with van der Waals surface area (Å²) >= 11 is 1.48. The summed E-state index contributed by atoms with van der Waals surface area (Å²) in [5.74, 6) is -4.69. The number of fused-ring (bicyclic) bond motifs is 1. The number of likely N-dealkylation sites (tertiary alicyclic amines) is 1. The van der Waals surface area contributed by atoms with E-state index in [1.165, 1.54) is 11.8 Å². The van der Waals surface area contributed by atoms with Gasteiger partial charge in [0.25, 0.3) is 5.92 Å². The van der Waals surface area contributed by atoms with Crippen LogP contribution in [0, 0.1) is 11.8 Å². The van der Waals surface area contributed by atoms with Crippen LogP contribution in [0.5, 0.6) is 0 Å². The normalized spacial score (nSPS) is 33.5. The lowest BCUT2D eigenvalue weighted by Gasteiger charge is -2.36. The Bertz CT molecular complexity index is 609. The minimum atomic E-state index is -3.25. The lowest BCUT2D eigenvalue weighted by atomic mass is 9.81. The number of rotatable bonds is 6. The summed E-state index contributed by atoms with van der Waals surface area (Å²) in [5.41, 5.74) is 0. The fourth-order valence-electron chi connectivity index (χ4n) is 4.69. The number of aliphatic hydroxyl groups is 1. The summed E-state index contributed by atoms with van der Waals surface area (Å²) in [6.07, 6.45) is 3.25. The molecule has 158 valence electrons. The van der Waals surface area contributed by atoms with Gasteiger partial charge in [-0.2, -0.15) is 11.8 Å². The third-order valence-electron chi connectivity index (χ3n) is 6.25. The first kappa shape index (κ1) is 21.5. The molecule has 0 bridgehead atoms. The van der Waals surface area contributed by atoms with Gasteiger partial charge in [0.05, 0.1) is 17.9 Å². The summed E-state index contributed by atoms with van der Waals surface area (Å²) in [7, 11) is 0. The van der Waals surface area contributed by atoms with Gasteiger partial charge in [-0.05, 0) is 44.1 Å². The van der Waals surface area contributed by atoms with E-state index < -0.39 is 36.4 Å². The standard InChI is InChI=1S/C19H28F2N2O4S/c1-28-10-8-14(16(25)22-13-7-4-9-19(20,21)15(13)24)23-17(26)11-5-2-3-6-12(11)18(23)27/h11-15,24H,2-10H2,1H3,(H,22,25)/t11?,12?,13-,14?,15+/m1/s1. The number of nitrogens with one attached hydrogen (secondary N) is 1. The van der Waals surface area contributed by atoms with E-state index in [2.05, 4.69) is 5.32 Å². The van der Waals surface area contributed by atoms with Gasteiger partial charge in [0.2, 0.25) is 17.7 Å². The van der Waals surface area contributed by atoms with Crippen LogP contribution >= 0.6 is 11.8 Å². The maximum Gasteiger partial charge on any atom is 0.275 e. The molecule has 5 atom stereocenters. The Labute approximate surface area is 167 Å². The number of amides is 3. The van der Waals surface area contributed by atoms with Crippen molar-refractivity contribution in [3.8, 4) is 0 Å². The highest BCUT2D eigenvalue weighted by Crippen LogP contribution is 2.39. The molecule has 2 aliphatic carbocycles. The van der Waals surface area contributed by atoms with E-state index in [4.69, 9.17) is 0 Å². The second-order valence-electron chi connectivity index (χ2n) is 8.05. The monoisotopic (exact) mass is 418 g/mol. The molecule has 1 saturated heterocycles. The highest BCUT2D eigenvalue weighted by Gasteiger charge is 2.52. The number of aliphatic hydroxyl groups excluding tert-OH is 1. The van der Waals surface area contributed by atoms with Crippen molar-refractivity contribution >= 4 is 29.5 Å². The van der Waals surface area contributed by atoms with Crippen LogP contribution in [0.15, 0.2) is 0 Å². The molecule has 3 fully saturated rings. The second-order valence-corrected chi connectivity index (χ2v) is 9.04. The Morgan fingerprint density at radius 1 is 1.21 bits per heavy atom. The molecule has 3 rings (SSSR count). The van der Waals surface area contributed by atoms with E-state index in [-0.39, 0.29) is 42.9 Å². The zero-order valence-corrected chi connectivity index (χ0v) is 16.9. The van der Waals surface area contributed by atoms with Crippen molar-refractivity contribution in [2.75, 3.05) is 12.0 Å². The summed E-state index contributed by atoms with van der Waals surface area (Å²) in [6, 6.07) is -2.09. The van der Waals surface area contributed by atoms with E-state index >= 15 is 0 Å². The predicted octanol–water partition coefficient (Wildman–Crippen LogP) is 1.95. The molecule has 0 aromatic carbocycles. The second kappa shape index (κ2) is 8.65. The van der Waals surface area contributed by atoms with Crippen molar-refractivity contribution in [1.82, 2.24) is 10.2 Å². The Kier molecular flexibility index (Phi) is 6.64. The molecule has 3 amide bonds. The van der Waals surface area contributed by atoms with Crippen LogP contribution in [-0.2, 0) is 14.4 Å². The molecule has 0 radical (unpaired) electrons. The fraction of sp³-hybridized carbons (Fsp3) is 0.842. The maximum absolute atomic E-state index is 13.8. The van der Waals surface area contributed by atoms with Gasteiger partial charge < -0.3 is 10.4 Å². The van der Waals surface area contributed by atoms with E-state index in [1.807, 2.05) is 6.26 Å². The van der Waals surface area contributed by atoms with E-state index in [9.17, 15) is 28.3 Å². The maximum atomic E-state index is 13.8. The van der Waals surface area contributed by atoms with Crippen molar-refractivity contribution in [2.24, 2.45) is 11.8 Å². The Morgan fingerprint density at radius 3 is 2.39 bits per heavy atom. The van der Waals surface area contributed by atoms with Crippen LogP contribution in [0.4, 0.5) is 8.78 Å². The zero-order chi connectivity index (χ0) is 20.5. The lowest BCUT2D eigenvalue weighted by molar-refractivity contribution is -0.155. The van der Waals surface area contributed by atoms with Crippen molar-refractivity contribution in [3.63, 3.8) is 0 Å². The first-order chi connectivity index (χ1) is 13.3. The number of hydrogen-bond donors (Lipinski definition) is 2. The number of carbonyl (C=O) groups excluding carboxylic acids is 3. The van der Waals surface area contributed by atoms with E-state index in [1.54, 1.807) is 0 Å². The van der Waals surface area contributed by atoms with E-state index in [0.29, 0.717) is 18.6 Å². The number of halogens is 2. The molecule has 6 nitrogen and oxygen atoms in total. The van der Waals surface area contributed by atoms with Gasteiger partial charge in [-0.1, -0.05) is 12.8 Å². The molecule has 1 aliphatic heterocycles. The van der Waals surface area contributed by atoms with Crippen LogP contribution in [0.25, 0.3) is 0 Å². The molecule has 1 heterocycles. The van der Waals surface area contributed by atoms with Crippen molar-refractivity contribution in [2.45, 2.75) is 75.5 Å². The summed E-state index contributed by atoms with van der Waals surface area (Å²) in [4.78, 5) is 39.8. The van der Waals surface area contributed by atoms with Gasteiger partial charge in [-0.3, -0.25) is 19.3 Å². The molecule has 0 aromatic rings. The molecule has 28 heavy (non-hydrogen) atoms. The Morgan fingerprint density at radius 2 is 1.82 bits per heavy atom. The van der Waals surface area contributed by atoms with Gasteiger partial charge in [0.15, 0.2) is 0 Å². The molecule has 2 saturated carbocycles. The first-order valence-corrected chi connectivity index (χ1v) is 11.4. The molecule has 0 aromatic heterocycles. The highest BCUT2D eigenvalue weighted by atomic mass is 32.2. The smallest absolute Gasteiger partial charge is 0.275 e. The van der Waals surface area contributed by atoms with Crippen LogP contribution in [0.1, 0.15) is 51.4 Å². The number of hydrogen-bond acceptors (Lipinski definition) is 5. The van der Waals surface area contributed by atoms with Crippen molar-refractivity contribution in [1.29, 1.82) is 0 Å². The topological polar surface area (TPSA) is 86.7 Å². The van der Waals surface area contributed by atoms with Crippen molar-refractivity contribution < 1.29 is 28.3 Å². The minimum absolute atomic E-state index is 0.191. The third kappa shape index (κ3) is 4.06. The average Bonchev–Trinajstić information content (AvgIpc) is 2.91. The molecule has 0 spiro atoms. The molecular formula is C19H28F2N2O4S. The van der Waals surface area contributed by atoms with Gasteiger partial charge in [-0.15, -0.1) is 0 Å². The quantitative estimate of drug-likeness (QED) is 0.644. The number of carbonyl (C=O) groups is 3. The van der Waals surface area contributed by atoms with Crippen LogP contribution < -0.4 is 5.32 Å². The third-order valence-corrected chi connectivity index (χ3v) is 6.90. The van der Waals surface area contributed by atoms with Gasteiger partial charge >= 0.3 is 0 Å². The van der Waals surface area contributed by atoms with Crippen LogP contribution in [0.3, 0.4) is 0 Å². The summed E-state index contributed by atoms with van der Waals surface area (Å²) in [6.45, 7) is 0. The predicted molar refractivity (Wildman–Crippen MR) is 101 cm³/mol. The molecule has 3 unspecified atom stereocenters. The number of alkyl halides is 2. The summed E-state index contributed by atoms with van der Waals surface area (Å²) < 4.78 is 27.6. The summed E-state index contributed by atoms with van der Waals surface area (Å²) in [5, 5.41) is 12.4. The minimum Gasteiger partial charge on any atom is -0.385 e. The van der Waals surface area contributed by atoms with E-state index in [0.717, 1.165) is 17.7 Å². The highest BCUT2D eigenvalue weighted by molar-refractivity contribution is 7.98. The van der Waals surface area contributed by atoms with Crippen molar-refractivity contribution in [3.05, 3.63) is 0 Å². The molecule has 9 heteroatoms. The SMILES string of the molecule is CSCCC(C(=O)N[C@@H]1CCCC(F)(F)[C@H]1O)N1C(=O)C2CCCCC2C1=O. The Hall–Kier alpha value is -1.22. The Balaban J connectivity index is 1.77. The molecule has 3 aliphatic rings. The van der Waals surface area contributed by atoms with Gasteiger partial charge in [-0.25, -0.2) is 8.78 Å². The largest absolute Gasteiger partial charge is 0.385 e. The number of nitrogens with zero attached hydrogens (tertiary/aromatic N) is 1. The average molecular weight is 419 g/mol. The molecule has 2 N–H and O–H groups in total. The zero-order valence-electron chi connectivity index (χ0n) is 16.0. The fourth-order valence-corrected chi connectivity index (χ4v) is 5.15.